The van der Waals surface area contributed by atoms with E-state index in [1.54, 1.807) is 12.2 Å². The number of nitrogens with zero attached hydrogens (tertiary/aromatic N) is 4. The van der Waals surface area contributed by atoms with Crippen LogP contribution in [0.1, 0.15) is 39.2 Å². The van der Waals surface area contributed by atoms with Gasteiger partial charge in [-0.05, 0) is 85.5 Å². The third kappa shape index (κ3) is 8.67. The number of rotatable bonds is 14. The first-order chi connectivity index (χ1) is 21.8. The molecule has 0 aliphatic carbocycles. The van der Waals surface area contributed by atoms with Crippen LogP contribution in [-0.2, 0) is 0 Å². The van der Waals surface area contributed by atoms with Gasteiger partial charge < -0.3 is 4.90 Å². The summed E-state index contributed by atoms with van der Waals surface area (Å²) in [4.78, 5) is 13.7. The lowest BCUT2D eigenvalue weighted by Gasteiger charge is -2.27. The molecule has 0 radical (unpaired) electrons. The smallest absolute Gasteiger partial charge is 0.137 e. The van der Waals surface area contributed by atoms with Gasteiger partial charge in [-0.25, -0.2) is 9.98 Å². The minimum atomic E-state index is 0.0409. The quantitative estimate of drug-likeness (QED) is 0.0808. The Labute approximate surface area is 269 Å². The van der Waals surface area contributed by atoms with Crippen molar-refractivity contribution in [3.05, 3.63) is 170 Å². The molecule has 4 nitrogen and oxygen atoms in total. The summed E-state index contributed by atoms with van der Waals surface area (Å²) in [5.41, 5.74) is 4.05. The fraction of sp³-hybridized carbons (Fsp3) is 0.171. The molecule has 1 aromatic heterocycles. The van der Waals surface area contributed by atoms with Crippen LogP contribution in [0.15, 0.2) is 159 Å². The van der Waals surface area contributed by atoms with Gasteiger partial charge in [0.1, 0.15) is 11.7 Å². The van der Waals surface area contributed by atoms with Gasteiger partial charge in [-0.2, -0.15) is 0 Å². The summed E-state index contributed by atoms with van der Waals surface area (Å²) in [6.07, 6.45) is 23.0. The van der Waals surface area contributed by atoms with E-state index >= 15 is 0 Å². The molecule has 1 heterocycles. The van der Waals surface area contributed by atoms with Gasteiger partial charge in [-0.1, -0.05) is 99.0 Å². The number of hydrogen-bond donors (Lipinski definition) is 0. The zero-order valence-corrected chi connectivity index (χ0v) is 27.3. The van der Waals surface area contributed by atoms with Gasteiger partial charge in [-0.3, -0.25) is 4.90 Å². The number of fused-ring (bicyclic) bond motifs is 1. The van der Waals surface area contributed by atoms with Crippen molar-refractivity contribution in [2.24, 2.45) is 4.99 Å². The van der Waals surface area contributed by atoms with Crippen LogP contribution in [0.5, 0.6) is 0 Å². The van der Waals surface area contributed by atoms with Crippen molar-refractivity contribution in [1.29, 1.82) is 0 Å². The standard InChI is InChI=1S/C41H46N4/c1-10-19-35(13-4)44(33(9)42-29-31(7)12-3)28-18-21-34-25-26-39(38-23-17-16-22-37(34)38)40(15-6)45(36(14-5)20-11-2)41-27-24-32(8)30-43-41/h10-11,13-18,20-30,35H,1-2,4-6,12,19H2,3,7-9H3/b28-18+,31-29-,34-21-,36-20+,40-39+,42-33?. The molecule has 3 rings (SSSR count). The molecule has 0 aliphatic rings. The molecular formula is C41H46N4. The average Bonchev–Trinajstić information content (AvgIpc) is 3.07. The van der Waals surface area contributed by atoms with Crippen LogP contribution >= 0.6 is 0 Å². The van der Waals surface area contributed by atoms with Crippen LogP contribution in [0.2, 0.25) is 0 Å². The first-order valence-corrected chi connectivity index (χ1v) is 15.3. The second-order valence-corrected chi connectivity index (χ2v) is 10.6. The number of aryl methyl sites for hydroxylation is 1. The highest BCUT2D eigenvalue weighted by molar-refractivity contribution is 5.90. The molecule has 0 amide bonds. The van der Waals surface area contributed by atoms with E-state index in [-0.39, 0.29) is 6.04 Å². The second-order valence-electron chi connectivity index (χ2n) is 10.6. The Bertz CT molecular complexity index is 1780. The average molecular weight is 595 g/mol. The first kappa shape index (κ1) is 34.3. The third-order valence-electron chi connectivity index (χ3n) is 7.51. The van der Waals surface area contributed by atoms with Crippen molar-refractivity contribution in [2.75, 3.05) is 4.90 Å². The molecule has 3 aromatic rings. The van der Waals surface area contributed by atoms with Crippen molar-refractivity contribution >= 4 is 34.2 Å². The predicted molar refractivity (Wildman–Crippen MR) is 198 cm³/mol. The summed E-state index contributed by atoms with van der Waals surface area (Å²) >= 11 is 0. The minimum Gasteiger partial charge on any atom is -0.330 e. The van der Waals surface area contributed by atoms with Crippen molar-refractivity contribution in [3.8, 4) is 0 Å². The van der Waals surface area contributed by atoms with Crippen LogP contribution in [0.25, 0.3) is 22.5 Å². The molecule has 0 spiro atoms. The highest BCUT2D eigenvalue weighted by Gasteiger charge is 2.16. The van der Waals surface area contributed by atoms with Crippen LogP contribution < -0.4 is 15.3 Å². The maximum absolute atomic E-state index is 4.74. The molecule has 2 aromatic carbocycles. The number of aliphatic imine (C=N–C) groups is 1. The summed E-state index contributed by atoms with van der Waals surface area (Å²) in [5, 5.41) is 4.34. The zero-order valence-electron chi connectivity index (χ0n) is 27.3. The maximum Gasteiger partial charge on any atom is 0.137 e. The number of benzene rings is 2. The zero-order chi connectivity index (χ0) is 32.8. The van der Waals surface area contributed by atoms with Crippen LogP contribution in [0.3, 0.4) is 0 Å². The molecule has 1 unspecified atom stereocenters. The van der Waals surface area contributed by atoms with Gasteiger partial charge in [0.15, 0.2) is 0 Å². The Hall–Kier alpha value is -5.22. The Kier molecular flexibility index (Phi) is 13.1. The van der Waals surface area contributed by atoms with Crippen molar-refractivity contribution in [1.82, 2.24) is 9.88 Å². The maximum atomic E-state index is 4.74. The topological polar surface area (TPSA) is 31.7 Å². The van der Waals surface area contributed by atoms with Crippen LogP contribution in [-0.4, -0.2) is 21.8 Å². The molecule has 0 saturated carbocycles. The van der Waals surface area contributed by atoms with E-state index < -0.39 is 0 Å². The number of pyridine rings is 1. The molecule has 0 saturated heterocycles. The van der Waals surface area contributed by atoms with Crippen LogP contribution in [0, 0.1) is 6.92 Å². The van der Waals surface area contributed by atoms with Gasteiger partial charge >= 0.3 is 0 Å². The lowest BCUT2D eigenvalue weighted by molar-refractivity contribution is 0.468. The van der Waals surface area contributed by atoms with E-state index in [0.29, 0.717) is 0 Å². The van der Waals surface area contributed by atoms with Crippen molar-refractivity contribution in [2.45, 2.75) is 46.6 Å². The molecule has 45 heavy (non-hydrogen) atoms. The summed E-state index contributed by atoms with van der Waals surface area (Å²) in [5.74, 6) is 1.66. The number of anilines is 1. The summed E-state index contributed by atoms with van der Waals surface area (Å²) in [6.45, 7) is 28.5. The molecule has 0 N–H and O–H groups in total. The molecular weight excluding hydrogens is 548 g/mol. The molecule has 1 atom stereocenters. The molecule has 0 aliphatic heterocycles. The first-order valence-electron chi connectivity index (χ1n) is 15.3. The lowest BCUT2D eigenvalue weighted by atomic mass is 10.0. The van der Waals surface area contributed by atoms with Gasteiger partial charge in [0.2, 0.25) is 0 Å². The fourth-order valence-corrected chi connectivity index (χ4v) is 4.91. The number of hydrogen-bond acceptors (Lipinski definition) is 3. The van der Waals surface area contributed by atoms with Crippen LogP contribution in [0.4, 0.5) is 5.82 Å². The predicted octanol–water partition coefficient (Wildman–Crippen LogP) is 9.06. The monoisotopic (exact) mass is 594 g/mol. The Morgan fingerprint density at radius 2 is 1.71 bits per heavy atom. The highest BCUT2D eigenvalue weighted by atomic mass is 15.2. The molecule has 230 valence electrons. The summed E-state index contributed by atoms with van der Waals surface area (Å²) in [6, 6.07) is 16.8. The molecule has 4 heteroatoms. The van der Waals surface area contributed by atoms with Gasteiger partial charge in [-0.15, -0.1) is 13.2 Å². The van der Waals surface area contributed by atoms with E-state index in [4.69, 9.17) is 9.98 Å². The van der Waals surface area contributed by atoms with E-state index in [0.717, 1.165) is 62.7 Å². The minimum absolute atomic E-state index is 0.0409. The SMILES string of the molecule is C=C/C=C(\C=C)N(/C(C=C)=c1\cc/c(=C/C=C/N(C(C)=N/C=C(/C)CC)C(C=C)CC=C)c2ccccc12)c1ccc(C)cn1. The summed E-state index contributed by atoms with van der Waals surface area (Å²) < 4.78 is 0. The van der Waals surface area contributed by atoms with Gasteiger partial charge in [0.25, 0.3) is 0 Å². The number of amidine groups is 1. The Morgan fingerprint density at radius 3 is 2.31 bits per heavy atom. The van der Waals surface area contributed by atoms with Gasteiger partial charge in [0, 0.05) is 29.5 Å². The summed E-state index contributed by atoms with van der Waals surface area (Å²) in [7, 11) is 0. The normalized spacial score (nSPS) is 14.2. The molecule has 0 fully saturated rings. The number of aromatic nitrogens is 1. The molecule has 0 bridgehead atoms. The fourth-order valence-electron chi connectivity index (χ4n) is 4.91. The van der Waals surface area contributed by atoms with E-state index in [2.05, 4.69) is 117 Å². The van der Waals surface area contributed by atoms with E-state index in [9.17, 15) is 0 Å². The van der Waals surface area contributed by atoms with Crippen molar-refractivity contribution in [3.63, 3.8) is 0 Å². The largest absolute Gasteiger partial charge is 0.330 e. The lowest BCUT2D eigenvalue weighted by Crippen LogP contribution is -2.32. The third-order valence-corrected chi connectivity index (χ3v) is 7.51. The highest BCUT2D eigenvalue weighted by Crippen LogP contribution is 2.25. The van der Waals surface area contributed by atoms with E-state index in [1.165, 1.54) is 5.57 Å². The van der Waals surface area contributed by atoms with E-state index in [1.807, 2.05) is 56.6 Å². The Balaban J connectivity index is 2.26. The second kappa shape index (κ2) is 17.2. The number of allylic oxidation sites excluding steroid dienone is 5. The van der Waals surface area contributed by atoms with Crippen molar-refractivity contribution < 1.29 is 0 Å². The van der Waals surface area contributed by atoms with Gasteiger partial charge in [0.05, 0.1) is 11.7 Å². The Morgan fingerprint density at radius 1 is 0.956 bits per heavy atom.